The van der Waals surface area contributed by atoms with Crippen LogP contribution in [-0.2, 0) is 19.5 Å². The molecule has 0 radical (unpaired) electrons. The summed E-state index contributed by atoms with van der Waals surface area (Å²) in [6.07, 6.45) is 2.64. The van der Waals surface area contributed by atoms with Crippen LogP contribution >= 0.6 is 0 Å². The van der Waals surface area contributed by atoms with Crippen LogP contribution in [0.1, 0.15) is 0 Å². The fourth-order valence-corrected chi connectivity index (χ4v) is 0.0797. The summed E-state index contributed by atoms with van der Waals surface area (Å²) in [5.41, 5.74) is 0. The molecule has 2 nitrogen and oxygen atoms in total. The zero-order chi connectivity index (χ0) is 8.24. The first kappa shape index (κ1) is 17.1. The third-order valence-corrected chi connectivity index (χ3v) is 0.389. The molecule has 0 aromatic carbocycles. The van der Waals surface area contributed by atoms with Crippen molar-refractivity contribution in [3.63, 3.8) is 0 Å². The minimum Gasteiger partial charge on any atom is -0.392 e. The number of halogens is 2. The summed E-state index contributed by atoms with van der Waals surface area (Å²) in [5, 5.41) is 15.5. The van der Waals surface area contributed by atoms with Crippen molar-refractivity contribution >= 4 is 0 Å². The minimum absolute atomic E-state index is 0. The van der Waals surface area contributed by atoms with E-state index in [4.69, 9.17) is 10.2 Å². The molecule has 0 amide bonds. The molecule has 0 aliphatic rings. The Kier molecular flexibility index (Phi) is 35.0. The third kappa shape index (κ3) is 40.7. The van der Waals surface area contributed by atoms with Crippen LogP contribution in [0.25, 0.3) is 0 Å². The Morgan fingerprint density at radius 3 is 1.18 bits per heavy atom. The smallest absolute Gasteiger partial charge is 0.0849 e. The molecule has 11 heavy (non-hydrogen) atoms. The SMILES string of the molecule is OCC=CF.OCC=CF.[Zn]. The average Bonchev–Trinajstić information content (AvgIpc) is 1.93. The Balaban J connectivity index is -0.000000107. The van der Waals surface area contributed by atoms with Gasteiger partial charge < -0.3 is 10.2 Å². The zero-order valence-electron chi connectivity index (χ0n) is 6.08. The van der Waals surface area contributed by atoms with E-state index in [1.54, 1.807) is 0 Å². The second-order valence-electron chi connectivity index (χ2n) is 1.09. The van der Waals surface area contributed by atoms with Crippen molar-refractivity contribution in [1.29, 1.82) is 0 Å². The summed E-state index contributed by atoms with van der Waals surface area (Å²) >= 11 is 0. The van der Waals surface area contributed by atoms with Crippen LogP contribution in [0.2, 0.25) is 0 Å². The molecule has 0 atom stereocenters. The van der Waals surface area contributed by atoms with Crippen LogP contribution in [0, 0.1) is 0 Å². The summed E-state index contributed by atoms with van der Waals surface area (Å²) in [5.74, 6) is 0. The summed E-state index contributed by atoms with van der Waals surface area (Å²) in [6, 6.07) is 0. The molecule has 0 spiro atoms. The largest absolute Gasteiger partial charge is 0.392 e. The zero-order valence-corrected chi connectivity index (χ0v) is 9.05. The number of aliphatic hydroxyl groups excluding tert-OH is 2. The molecule has 0 aliphatic carbocycles. The molecule has 0 rings (SSSR count). The first-order valence-corrected chi connectivity index (χ1v) is 2.55. The van der Waals surface area contributed by atoms with E-state index in [1.807, 2.05) is 0 Å². The molecule has 0 fully saturated rings. The van der Waals surface area contributed by atoms with Gasteiger partial charge in [-0.05, 0) is 12.2 Å². The predicted molar refractivity (Wildman–Crippen MR) is 34.7 cm³/mol. The van der Waals surface area contributed by atoms with E-state index in [0.29, 0.717) is 12.7 Å². The number of hydrogen-bond acceptors (Lipinski definition) is 2. The fourth-order valence-electron chi connectivity index (χ4n) is 0.0797. The third-order valence-electron chi connectivity index (χ3n) is 0.389. The number of hydrogen-bond donors (Lipinski definition) is 2. The van der Waals surface area contributed by atoms with Crippen molar-refractivity contribution in [3.8, 4) is 0 Å². The Labute approximate surface area is 77.0 Å². The summed E-state index contributed by atoms with van der Waals surface area (Å²) in [4.78, 5) is 0. The maximum absolute atomic E-state index is 10.7. The van der Waals surface area contributed by atoms with Crippen LogP contribution in [-0.4, -0.2) is 23.4 Å². The Hall–Kier alpha value is -0.117. The molecule has 0 aromatic rings. The Morgan fingerprint density at radius 2 is 1.18 bits per heavy atom. The number of rotatable bonds is 2. The van der Waals surface area contributed by atoms with E-state index in [0.717, 1.165) is 12.2 Å². The second-order valence-corrected chi connectivity index (χ2v) is 1.09. The van der Waals surface area contributed by atoms with Crippen molar-refractivity contribution in [3.05, 3.63) is 24.8 Å². The van der Waals surface area contributed by atoms with Crippen molar-refractivity contribution in [2.45, 2.75) is 0 Å². The maximum Gasteiger partial charge on any atom is 0.0849 e. The maximum atomic E-state index is 10.7. The van der Waals surface area contributed by atoms with Gasteiger partial charge in [0, 0.05) is 19.5 Å². The first-order chi connectivity index (χ1) is 4.83. The van der Waals surface area contributed by atoms with Gasteiger partial charge in [-0.2, -0.15) is 0 Å². The molecule has 0 unspecified atom stereocenters. The van der Waals surface area contributed by atoms with E-state index in [2.05, 4.69) is 0 Å². The van der Waals surface area contributed by atoms with Gasteiger partial charge in [-0.3, -0.25) is 0 Å². The Morgan fingerprint density at radius 1 is 0.909 bits per heavy atom. The van der Waals surface area contributed by atoms with Crippen molar-refractivity contribution in [2.75, 3.05) is 13.2 Å². The van der Waals surface area contributed by atoms with Gasteiger partial charge in [0.2, 0.25) is 0 Å². The summed E-state index contributed by atoms with van der Waals surface area (Å²) in [7, 11) is 0. The van der Waals surface area contributed by atoms with E-state index >= 15 is 0 Å². The molecule has 0 saturated heterocycles. The predicted octanol–water partition coefficient (Wildman–Crippen LogP) is 0.921. The summed E-state index contributed by atoms with van der Waals surface area (Å²) in [6.45, 7) is -0.424. The van der Waals surface area contributed by atoms with E-state index in [-0.39, 0.29) is 32.7 Å². The minimum atomic E-state index is -0.212. The average molecular weight is 218 g/mol. The normalized spacial score (nSPS) is 9.09. The molecular weight excluding hydrogens is 207 g/mol. The van der Waals surface area contributed by atoms with Crippen LogP contribution in [0.5, 0.6) is 0 Å². The van der Waals surface area contributed by atoms with Gasteiger partial charge >= 0.3 is 0 Å². The van der Waals surface area contributed by atoms with Gasteiger partial charge in [0.1, 0.15) is 0 Å². The van der Waals surface area contributed by atoms with Crippen LogP contribution in [0.3, 0.4) is 0 Å². The van der Waals surface area contributed by atoms with E-state index < -0.39 is 0 Å². The first-order valence-electron chi connectivity index (χ1n) is 2.55. The molecule has 62 valence electrons. The molecular formula is C6H10F2O2Zn. The molecule has 5 heteroatoms. The standard InChI is InChI=1S/2C3H5FO.Zn/c2*4-2-1-3-5;/h2*1-2,5H,3H2;. The Bertz CT molecular complexity index is 84.6. The fraction of sp³-hybridized carbons (Fsp3) is 0.333. The quantitative estimate of drug-likeness (QED) is 0.676. The van der Waals surface area contributed by atoms with Crippen LogP contribution in [0.15, 0.2) is 24.8 Å². The molecule has 0 aliphatic heterocycles. The van der Waals surface area contributed by atoms with E-state index in [1.165, 1.54) is 0 Å². The molecule has 2 N–H and O–H groups in total. The van der Waals surface area contributed by atoms with Gasteiger partial charge in [-0.1, -0.05) is 0 Å². The van der Waals surface area contributed by atoms with Crippen LogP contribution < -0.4 is 0 Å². The van der Waals surface area contributed by atoms with Gasteiger partial charge in [0.15, 0.2) is 0 Å². The van der Waals surface area contributed by atoms with Gasteiger partial charge in [0.25, 0.3) is 0 Å². The molecule has 0 saturated carbocycles. The van der Waals surface area contributed by atoms with Crippen molar-refractivity contribution in [2.24, 2.45) is 0 Å². The van der Waals surface area contributed by atoms with E-state index in [9.17, 15) is 8.78 Å². The molecule has 0 aromatic heterocycles. The molecule has 0 heterocycles. The second kappa shape index (κ2) is 22.5. The van der Waals surface area contributed by atoms with Crippen molar-refractivity contribution < 1.29 is 38.5 Å². The summed E-state index contributed by atoms with van der Waals surface area (Å²) < 4.78 is 21.3. The van der Waals surface area contributed by atoms with Gasteiger partial charge in [-0.15, -0.1) is 0 Å². The molecule has 0 bridgehead atoms. The number of aliphatic hydroxyl groups is 2. The van der Waals surface area contributed by atoms with Gasteiger partial charge in [0.05, 0.1) is 25.9 Å². The van der Waals surface area contributed by atoms with Gasteiger partial charge in [-0.25, -0.2) is 8.78 Å². The topological polar surface area (TPSA) is 40.5 Å². The van der Waals surface area contributed by atoms with Crippen molar-refractivity contribution in [1.82, 2.24) is 0 Å². The van der Waals surface area contributed by atoms with Crippen LogP contribution in [0.4, 0.5) is 8.78 Å². The monoisotopic (exact) mass is 216 g/mol.